The van der Waals surface area contributed by atoms with Gasteiger partial charge in [0.05, 0.1) is 13.8 Å². The minimum atomic E-state index is -4.04. The Balaban J connectivity index is 4.40. The van der Waals surface area contributed by atoms with Crippen LogP contribution in [0.2, 0.25) is 18.1 Å². The van der Waals surface area contributed by atoms with Crippen LogP contribution in [0.1, 0.15) is 13.8 Å². The summed E-state index contributed by atoms with van der Waals surface area (Å²) in [6.07, 6.45) is -4.04. The fourth-order valence-corrected chi connectivity index (χ4v) is 0.850. The van der Waals surface area contributed by atoms with Gasteiger partial charge in [0.2, 0.25) is 0 Å². The van der Waals surface area contributed by atoms with Gasteiger partial charge in [-0.05, 0) is 0 Å². The van der Waals surface area contributed by atoms with Crippen LogP contribution in [0.25, 0.3) is 0 Å². The van der Waals surface area contributed by atoms with Crippen molar-refractivity contribution >= 4 is 8.80 Å². The molecule has 0 aromatic rings. The van der Waals surface area contributed by atoms with E-state index in [1.807, 2.05) is 0 Å². The zero-order chi connectivity index (χ0) is 8.58. The van der Waals surface area contributed by atoms with E-state index in [2.05, 4.69) is 0 Å². The van der Waals surface area contributed by atoms with Gasteiger partial charge < -0.3 is 0 Å². The zero-order valence-electron chi connectivity index (χ0n) is 6.63. The van der Waals surface area contributed by atoms with Crippen LogP contribution in [-0.4, -0.2) is 15.0 Å². The minimum Gasteiger partial charge on any atom is -0.171 e. The molecule has 0 saturated carbocycles. The Bertz CT molecular complexity index is 115. The molecule has 0 fully saturated rings. The first-order chi connectivity index (χ1) is 4.19. The van der Waals surface area contributed by atoms with Crippen LogP contribution in [0, 0.1) is 0 Å². The lowest BCUT2D eigenvalue weighted by molar-refractivity contribution is -0.158. The summed E-state index contributed by atoms with van der Waals surface area (Å²) in [5.74, 6) is 0. The van der Waals surface area contributed by atoms with E-state index in [9.17, 15) is 13.2 Å². The summed E-state index contributed by atoms with van der Waals surface area (Å²) in [6.45, 7) is 5.89. The van der Waals surface area contributed by atoms with Gasteiger partial charge in [0, 0.05) is 0 Å². The van der Waals surface area contributed by atoms with Gasteiger partial charge >= 0.3 is 6.18 Å². The lowest BCUT2D eigenvalue weighted by Crippen LogP contribution is -2.35. The fourth-order valence-electron chi connectivity index (χ4n) is 0.283. The van der Waals surface area contributed by atoms with Crippen molar-refractivity contribution < 1.29 is 13.2 Å². The summed E-state index contributed by atoms with van der Waals surface area (Å²) >= 11 is 0. The number of alkyl halides is 3. The van der Waals surface area contributed by atoms with Gasteiger partial charge in [-0.2, -0.15) is 13.2 Å². The van der Waals surface area contributed by atoms with Crippen molar-refractivity contribution in [2.24, 2.45) is 0 Å². The predicted octanol–water partition coefficient (Wildman–Crippen LogP) is 3.08. The van der Waals surface area contributed by atoms with Gasteiger partial charge in [0.1, 0.15) is 0 Å². The van der Waals surface area contributed by atoms with Gasteiger partial charge in [-0.15, -0.1) is 0 Å². The highest BCUT2D eigenvalue weighted by molar-refractivity contribution is 6.59. The second-order valence-electron chi connectivity index (χ2n) is 3.12. The minimum absolute atomic E-state index is 1.27. The van der Waals surface area contributed by atoms with E-state index in [1.54, 1.807) is 13.1 Å². The van der Waals surface area contributed by atoms with E-state index in [-0.39, 0.29) is 0 Å². The summed E-state index contributed by atoms with van der Waals surface area (Å²) in [5.41, 5.74) is 0. The first kappa shape index (κ1) is 10.0. The molecule has 0 aliphatic carbocycles. The molecule has 10 heavy (non-hydrogen) atoms. The van der Waals surface area contributed by atoms with Gasteiger partial charge in [-0.25, -0.2) is 0 Å². The van der Waals surface area contributed by atoms with Gasteiger partial charge in [0.15, 0.2) is 0 Å². The number of rotatable bonds is 1. The molecule has 0 aliphatic heterocycles. The van der Waals surface area contributed by atoms with Crippen molar-refractivity contribution in [1.29, 1.82) is 0 Å². The lowest BCUT2D eigenvalue weighted by Gasteiger charge is -2.30. The second-order valence-corrected chi connectivity index (χ2v) is 6.37. The first-order valence-electron chi connectivity index (χ1n) is 3.07. The zero-order valence-corrected chi connectivity index (χ0v) is 7.63. The van der Waals surface area contributed by atoms with Crippen LogP contribution >= 0.6 is 0 Å². The van der Waals surface area contributed by atoms with Crippen molar-refractivity contribution in [2.45, 2.75) is 38.2 Å². The first-order valence-corrected chi connectivity index (χ1v) is 5.57. The highest BCUT2D eigenvalue weighted by atomic mass is 28.3. The Kier molecular flexibility index (Phi) is 2.57. The lowest BCUT2D eigenvalue weighted by atomic mass is 10.2. The summed E-state index contributed by atoms with van der Waals surface area (Å²) in [5, 5.41) is -1.46. The molecular weight excluding hydrogens is 157 g/mol. The Morgan fingerprint density at radius 1 is 1.00 bits per heavy atom. The van der Waals surface area contributed by atoms with Crippen LogP contribution in [0.5, 0.6) is 0 Å². The molecule has 0 heterocycles. The number of halogens is 3. The Morgan fingerprint density at radius 2 is 1.30 bits per heavy atom. The molecule has 0 spiro atoms. The molecule has 0 nitrogen and oxygen atoms in total. The monoisotopic (exact) mass is 169 g/mol. The SMILES string of the molecule is C[Si](C)C(C)(C)C(F)(F)F. The molecule has 0 saturated heterocycles. The van der Waals surface area contributed by atoms with Crippen LogP contribution in [-0.2, 0) is 0 Å². The highest BCUT2D eigenvalue weighted by Crippen LogP contribution is 2.45. The molecule has 61 valence electrons. The van der Waals surface area contributed by atoms with Crippen molar-refractivity contribution in [3.8, 4) is 0 Å². The van der Waals surface area contributed by atoms with E-state index in [0.717, 1.165) is 0 Å². The molecule has 0 bridgehead atoms. The van der Waals surface area contributed by atoms with E-state index in [0.29, 0.717) is 0 Å². The quantitative estimate of drug-likeness (QED) is 0.529. The fraction of sp³-hybridized carbons (Fsp3) is 1.00. The molecule has 0 amide bonds. The largest absolute Gasteiger partial charge is 0.391 e. The number of hydrogen-bond acceptors (Lipinski definition) is 0. The molecule has 0 rings (SSSR count). The third kappa shape index (κ3) is 1.75. The average Bonchev–Trinajstić information content (AvgIpc) is 1.62. The molecule has 0 aromatic carbocycles. The third-order valence-corrected chi connectivity index (χ3v) is 4.74. The summed E-state index contributed by atoms with van der Waals surface area (Å²) in [7, 11) is -1.29. The molecule has 1 radical (unpaired) electrons. The summed E-state index contributed by atoms with van der Waals surface area (Å²) < 4.78 is 36.3. The van der Waals surface area contributed by atoms with Crippen molar-refractivity contribution in [3.63, 3.8) is 0 Å². The predicted molar refractivity (Wildman–Crippen MR) is 37.6 cm³/mol. The van der Waals surface area contributed by atoms with Gasteiger partial charge in [0.25, 0.3) is 0 Å². The van der Waals surface area contributed by atoms with Crippen LogP contribution in [0.3, 0.4) is 0 Å². The second kappa shape index (κ2) is 2.56. The van der Waals surface area contributed by atoms with Crippen molar-refractivity contribution in [2.75, 3.05) is 0 Å². The van der Waals surface area contributed by atoms with E-state index in [1.165, 1.54) is 13.8 Å². The van der Waals surface area contributed by atoms with E-state index in [4.69, 9.17) is 0 Å². The maximum Gasteiger partial charge on any atom is 0.391 e. The molecule has 0 aromatic heterocycles. The van der Waals surface area contributed by atoms with Crippen LogP contribution in [0.4, 0.5) is 13.2 Å². The third-order valence-electron chi connectivity index (χ3n) is 1.96. The molecule has 0 atom stereocenters. The summed E-state index contributed by atoms with van der Waals surface area (Å²) in [6, 6.07) is 0. The summed E-state index contributed by atoms with van der Waals surface area (Å²) in [4.78, 5) is 0. The van der Waals surface area contributed by atoms with Crippen LogP contribution in [0.15, 0.2) is 0 Å². The Hall–Kier alpha value is 0.00688. The van der Waals surface area contributed by atoms with Crippen molar-refractivity contribution in [1.82, 2.24) is 0 Å². The Labute approximate surface area is 61.0 Å². The van der Waals surface area contributed by atoms with Gasteiger partial charge in [-0.3, -0.25) is 0 Å². The highest BCUT2D eigenvalue weighted by Gasteiger charge is 2.49. The molecule has 0 aliphatic rings. The molecular formula is C6H12F3Si. The molecule has 0 N–H and O–H groups in total. The normalized spacial score (nSPS) is 14.4. The maximum absolute atomic E-state index is 12.1. The molecule has 0 unspecified atom stereocenters. The maximum atomic E-state index is 12.1. The average molecular weight is 169 g/mol. The van der Waals surface area contributed by atoms with Crippen molar-refractivity contribution in [3.05, 3.63) is 0 Å². The van der Waals surface area contributed by atoms with Crippen LogP contribution < -0.4 is 0 Å². The van der Waals surface area contributed by atoms with E-state index >= 15 is 0 Å². The molecule has 4 heteroatoms. The van der Waals surface area contributed by atoms with Gasteiger partial charge in [-0.1, -0.05) is 26.9 Å². The Morgan fingerprint density at radius 3 is 1.30 bits per heavy atom. The topological polar surface area (TPSA) is 0 Å². The van der Waals surface area contributed by atoms with E-state index < -0.39 is 20.0 Å². The smallest absolute Gasteiger partial charge is 0.171 e. The number of hydrogen-bond donors (Lipinski definition) is 0. The standard InChI is InChI=1S/C6H12F3Si/c1-5(2,10(3)4)6(7,8)9/h1-4H3.